The Kier molecular flexibility index (Phi) is 4.02. The fourth-order valence-electron chi connectivity index (χ4n) is 2.64. The summed E-state index contributed by atoms with van der Waals surface area (Å²) in [7, 11) is 0. The third kappa shape index (κ3) is 3.00. The number of aromatic nitrogens is 1. The van der Waals surface area contributed by atoms with Gasteiger partial charge in [-0.05, 0) is 33.1 Å². The molecular formula is C15H25N3OS. The van der Waals surface area contributed by atoms with Gasteiger partial charge in [-0.25, -0.2) is 4.98 Å². The van der Waals surface area contributed by atoms with Crippen molar-refractivity contribution < 1.29 is 4.74 Å². The predicted molar refractivity (Wildman–Crippen MR) is 83.6 cm³/mol. The number of thiazole rings is 1. The summed E-state index contributed by atoms with van der Waals surface area (Å²) in [6.45, 7) is 10.2. The highest BCUT2D eigenvalue weighted by Crippen LogP contribution is 2.33. The maximum Gasteiger partial charge on any atom is 0.186 e. The van der Waals surface area contributed by atoms with Crippen LogP contribution in [0.15, 0.2) is 0 Å². The number of hydrogen-bond acceptors (Lipinski definition) is 5. The van der Waals surface area contributed by atoms with Gasteiger partial charge in [0, 0.05) is 24.0 Å². The molecule has 1 saturated carbocycles. The highest BCUT2D eigenvalue weighted by molar-refractivity contribution is 7.15. The van der Waals surface area contributed by atoms with E-state index >= 15 is 0 Å². The van der Waals surface area contributed by atoms with E-state index in [2.05, 4.69) is 31.0 Å². The van der Waals surface area contributed by atoms with E-state index in [1.165, 1.54) is 28.5 Å². The second kappa shape index (κ2) is 5.62. The number of hydrogen-bond donors (Lipinski definition) is 1. The first kappa shape index (κ1) is 14.3. The lowest BCUT2D eigenvalue weighted by molar-refractivity contribution is 0.0643. The van der Waals surface area contributed by atoms with Gasteiger partial charge < -0.3 is 15.0 Å². The summed E-state index contributed by atoms with van der Waals surface area (Å²) in [6, 6.07) is 0.755. The molecule has 3 rings (SSSR count). The van der Waals surface area contributed by atoms with Gasteiger partial charge in [-0.1, -0.05) is 6.92 Å². The molecule has 1 saturated heterocycles. The number of morpholine rings is 1. The standard InChI is InChI=1S/C15H25N3OS/c1-4-12-13(9-16-11-5-6-11)20-14(17-12)18-7-8-19-10-15(18,2)3/h11,16H,4-10H2,1-3H3. The van der Waals surface area contributed by atoms with E-state index in [1.807, 2.05) is 11.3 Å². The van der Waals surface area contributed by atoms with Gasteiger partial charge in [0.25, 0.3) is 0 Å². The quantitative estimate of drug-likeness (QED) is 0.906. The van der Waals surface area contributed by atoms with Crippen LogP contribution in [0.2, 0.25) is 0 Å². The Morgan fingerprint density at radius 3 is 2.90 bits per heavy atom. The molecule has 0 bridgehead atoms. The van der Waals surface area contributed by atoms with Crippen LogP contribution in [-0.4, -0.2) is 36.3 Å². The van der Waals surface area contributed by atoms with E-state index in [1.54, 1.807) is 0 Å². The first-order valence-electron chi connectivity index (χ1n) is 7.67. The van der Waals surface area contributed by atoms with Gasteiger partial charge in [0.2, 0.25) is 0 Å². The molecule has 2 aliphatic rings. The number of anilines is 1. The van der Waals surface area contributed by atoms with Crippen LogP contribution in [0.4, 0.5) is 5.13 Å². The Bertz CT molecular complexity index is 468. The molecule has 1 aliphatic heterocycles. The lowest BCUT2D eigenvalue weighted by atomic mass is 10.0. The van der Waals surface area contributed by atoms with Gasteiger partial charge in [0.15, 0.2) is 5.13 Å². The van der Waals surface area contributed by atoms with Crippen molar-refractivity contribution >= 4 is 16.5 Å². The van der Waals surface area contributed by atoms with E-state index in [9.17, 15) is 0 Å². The summed E-state index contributed by atoms with van der Waals surface area (Å²) >= 11 is 1.86. The van der Waals surface area contributed by atoms with E-state index in [4.69, 9.17) is 9.72 Å². The number of nitrogens with zero attached hydrogens (tertiary/aromatic N) is 2. The number of aryl methyl sites for hydroxylation is 1. The van der Waals surface area contributed by atoms with Crippen molar-refractivity contribution in [3.63, 3.8) is 0 Å². The third-order valence-electron chi connectivity index (χ3n) is 4.11. The number of ether oxygens (including phenoxy) is 1. The summed E-state index contributed by atoms with van der Waals surface area (Å²) < 4.78 is 5.61. The molecule has 2 heterocycles. The van der Waals surface area contributed by atoms with Crippen LogP contribution < -0.4 is 10.2 Å². The average molecular weight is 295 g/mol. The van der Waals surface area contributed by atoms with E-state index in [0.29, 0.717) is 0 Å². The molecule has 1 N–H and O–H groups in total. The molecule has 0 amide bonds. The van der Waals surface area contributed by atoms with Crippen molar-refractivity contribution in [2.75, 3.05) is 24.7 Å². The molecule has 1 aromatic heterocycles. The van der Waals surface area contributed by atoms with E-state index in [-0.39, 0.29) is 5.54 Å². The van der Waals surface area contributed by atoms with Crippen molar-refractivity contribution in [1.29, 1.82) is 0 Å². The SMILES string of the molecule is CCc1nc(N2CCOCC2(C)C)sc1CNC1CC1. The Balaban J connectivity index is 1.77. The minimum atomic E-state index is 0.0440. The molecule has 0 unspecified atom stereocenters. The zero-order chi connectivity index (χ0) is 14.2. The maximum atomic E-state index is 5.61. The van der Waals surface area contributed by atoms with E-state index in [0.717, 1.165) is 38.8 Å². The summed E-state index contributed by atoms with van der Waals surface area (Å²) in [4.78, 5) is 8.73. The lowest BCUT2D eigenvalue weighted by Crippen LogP contribution is -2.53. The van der Waals surface area contributed by atoms with Gasteiger partial charge >= 0.3 is 0 Å². The van der Waals surface area contributed by atoms with Gasteiger partial charge in [-0.3, -0.25) is 0 Å². The van der Waals surface area contributed by atoms with Crippen molar-refractivity contribution in [2.24, 2.45) is 0 Å². The van der Waals surface area contributed by atoms with E-state index < -0.39 is 0 Å². The van der Waals surface area contributed by atoms with Gasteiger partial charge in [0.05, 0.1) is 24.4 Å². The smallest absolute Gasteiger partial charge is 0.186 e. The van der Waals surface area contributed by atoms with Gasteiger partial charge in [-0.2, -0.15) is 0 Å². The Morgan fingerprint density at radius 2 is 2.25 bits per heavy atom. The lowest BCUT2D eigenvalue weighted by Gasteiger charge is -2.42. The predicted octanol–water partition coefficient (Wildman–Crippen LogP) is 2.57. The summed E-state index contributed by atoms with van der Waals surface area (Å²) in [5.41, 5.74) is 1.31. The molecule has 20 heavy (non-hydrogen) atoms. The first-order chi connectivity index (χ1) is 9.60. The molecule has 112 valence electrons. The minimum absolute atomic E-state index is 0.0440. The maximum absolute atomic E-state index is 5.61. The Labute approximate surface area is 125 Å². The highest BCUT2D eigenvalue weighted by atomic mass is 32.1. The summed E-state index contributed by atoms with van der Waals surface area (Å²) in [5, 5.41) is 4.78. The molecule has 0 atom stereocenters. The molecular weight excluding hydrogens is 270 g/mol. The van der Waals surface area contributed by atoms with Crippen molar-refractivity contribution in [2.45, 2.75) is 58.2 Å². The molecule has 0 aromatic carbocycles. The molecule has 0 spiro atoms. The van der Waals surface area contributed by atoms with Crippen LogP contribution in [0.3, 0.4) is 0 Å². The number of rotatable bonds is 5. The molecule has 1 aromatic rings. The molecule has 4 nitrogen and oxygen atoms in total. The van der Waals surface area contributed by atoms with Crippen LogP contribution >= 0.6 is 11.3 Å². The molecule has 0 radical (unpaired) electrons. The van der Waals surface area contributed by atoms with Crippen molar-refractivity contribution in [1.82, 2.24) is 10.3 Å². The van der Waals surface area contributed by atoms with Crippen LogP contribution in [-0.2, 0) is 17.7 Å². The zero-order valence-corrected chi connectivity index (χ0v) is 13.6. The van der Waals surface area contributed by atoms with Crippen molar-refractivity contribution in [3.8, 4) is 0 Å². The number of nitrogens with one attached hydrogen (secondary N) is 1. The second-order valence-electron chi connectivity index (χ2n) is 6.39. The Morgan fingerprint density at radius 1 is 1.45 bits per heavy atom. The van der Waals surface area contributed by atoms with Crippen LogP contribution in [0.25, 0.3) is 0 Å². The fraction of sp³-hybridized carbons (Fsp3) is 0.800. The first-order valence-corrected chi connectivity index (χ1v) is 8.49. The average Bonchev–Trinajstić information content (AvgIpc) is 3.15. The Hall–Kier alpha value is -0.650. The van der Waals surface area contributed by atoms with Crippen LogP contribution in [0, 0.1) is 0 Å². The van der Waals surface area contributed by atoms with Gasteiger partial charge in [-0.15, -0.1) is 11.3 Å². The molecule has 2 fully saturated rings. The molecule has 5 heteroatoms. The third-order valence-corrected chi connectivity index (χ3v) is 5.23. The summed E-state index contributed by atoms with van der Waals surface area (Å²) in [6.07, 6.45) is 3.69. The second-order valence-corrected chi connectivity index (χ2v) is 7.45. The minimum Gasteiger partial charge on any atom is -0.377 e. The normalized spacial score (nSPS) is 22.2. The largest absolute Gasteiger partial charge is 0.377 e. The molecule has 1 aliphatic carbocycles. The van der Waals surface area contributed by atoms with Crippen LogP contribution in [0.1, 0.15) is 44.2 Å². The van der Waals surface area contributed by atoms with Crippen molar-refractivity contribution in [3.05, 3.63) is 10.6 Å². The van der Waals surface area contributed by atoms with Crippen LogP contribution in [0.5, 0.6) is 0 Å². The fourth-order valence-corrected chi connectivity index (χ4v) is 3.93. The van der Waals surface area contributed by atoms with Gasteiger partial charge in [0.1, 0.15) is 0 Å². The zero-order valence-electron chi connectivity index (χ0n) is 12.7. The summed E-state index contributed by atoms with van der Waals surface area (Å²) in [5.74, 6) is 0. The highest BCUT2D eigenvalue weighted by Gasteiger charge is 2.33. The monoisotopic (exact) mass is 295 g/mol. The topological polar surface area (TPSA) is 37.4 Å².